The van der Waals surface area contributed by atoms with Crippen LogP contribution in [0, 0.1) is 72.9 Å². The van der Waals surface area contributed by atoms with Gasteiger partial charge in [0.05, 0.1) is 11.6 Å². The Hall–Kier alpha value is -4.49. The van der Waals surface area contributed by atoms with Gasteiger partial charge in [0, 0.05) is 46.2 Å². The van der Waals surface area contributed by atoms with Gasteiger partial charge in [0.2, 0.25) is 0 Å². The van der Waals surface area contributed by atoms with Crippen molar-refractivity contribution in [1.82, 2.24) is 4.90 Å². The van der Waals surface area contributed by atoms with E-state index < -0.39 is 5.54 Å². The predicted octanol–water partition coefficient (Wildman–Crippen LogP) is 21.0. The molecule has 79 heavy (non-hydrogen) atoms. The minimum absolute atomic E-state index is 0.00174. The molecule has 2 amide bonds. The molecular weight excluding hydrogens is 991 g/mol. The first-order valence-electron chi connectivity index (χ1n) is 28.0. The molecule has 0 unspecified atom stereocenters. The van der Waals surface area contributed by atoms with E-state index in [9.17, 15) is 19.2 Å². The van der Waals surface area contributed by atoms with Crippen molar-refractivity contribution in [3.63, 3.8) is 0 Å². The van der Waals surface area contributed by atoms with Gasteiger partial charge < -0.3 is 0 Å². The molecule has 456 valence electrons. The molecule has 0 radical (unpaired) electrons. The van der Waals surface area contributed by atoms with Crippen molar-refractivity contribution in [2.75, 3.05) is 0 Å². The van der Waals surface area contributed by atoms with E-state index in [-0.39, 0.29) is 50.6 Å². The van der Waals surface area contributed by atoms with E-state index in [2.05, 4.69) is 145 Å². The zero-order valence-corrected chi connectivity index (χ0v) is 58.5. The smallest absolute Gasteiger partial charge is 0.254 e. The Morgan fingerprint density at radius 2 is 0.987 bits per heavy atom. The Morgan fingerprint density at radius 1 is 0.646 bits per heavy atom. The van der Waals surface area contributed by atoms with Crippen LogP contribution >= 0.6 is 12.2 Å². The van der Waals surface area contributed by atoms with Crippen molar-refractivity contribution in [3.8, 4) is 18.4 Å². The highest BCUT2D eigenvalue weighted by Crippen LogP contribution is 2.39. The van der Waals surface area contributed by atoms with E-state index in [0.29, 0.717) is 40.1 Å². The zero-order valence-electron chi connectivity index (χ0n) is 57.7. The molecule has 7 nitrogen and oxygen atoms in total. The van der Waals surface area contributed by atoms with E-state index in [1.165, 1.54) is 42.4 Å². The molecule has 0 saturated heterocycles. The van der Waals surface area contributed by atoms with Crippen LogP contribution in [0.25, 0.3) is 0 Å². The zero-order chi connectivity index (χ0) is 65.6. The maximum Gasteiger partial charge on any atom is 0.254 e. The summed E-state index contributed by atoms with van der Waals surface area (Å²) in [6.07, 6.45) is 22.4. The lowest BCUT2D eigenvalue weighted by Crippen LogP contribution is -2.45. The summed E-state index contributed by atoms with van der Waals surface area (Å²) in [5.74, 6) is 6.04. The highest BCUT2D eigenvalue weighted by molar-refractivity contribution is 7.80. The Morgan fingerprint density at radius 3 is 1.06 bits per heavy atom. The van der Waals surface area contributed by atoms with Gasteiger partial charge in [0.1, 0.15) is 0 Å². The van der Waals surface area contributed by atoms with E-state index >= 15 is 0 Å². The Kier molecular flexibility index (Phi) is 47.8. The van der Waals surface area contributed by atoms with Gasteiger partial charge in [-0.3, -0.25) is 24.1 Å². The summed E-state index contributed by atoms with van der Waals surface area (Å²) >= 11 is 4.99. The molecule has 2 aliphatic rings. The number of carbonyl (C=O) groups is 4. The number of terminal acetylenes is 1. The number of allylic oxidation sites excluding steroid dienone is 5. The topological polar surface area (TPSA) is 108 Å². The Bertz CT molecular complexity index is 1910. The molecule has 1 heterocycles. The van der Waals surface area contributed by atoms with Gasteiger partial charge in [-0.1, -0.05) is 188 Å². The maximum absolute atomic E-state index is 11.1. The molecule has 1 saturated carbocycles. The highest BCUT2D eigenvalue weighted by atomic mass is 32.1. The first-order valence-corrected chi connectivity index (χ1v) is 28.4. The van der Waals surface area contributed by atoms with Crippen LogP contribution in [0.1, 0.15) is 260 Å². The number of imide groups is 1. The van der Waals surface area contributed by atoms with Crippen molar-refractivity contribution < 1.29 is 19.2 Å². The van der Waals surface area contributed by atoms with Crippen LogP contribution < -0.4 is 0 Å². The second-order valence-corrected chi connectivity index (χ2v) is 31.8. The minimum Gasteiger partial charge on any atom is -0.295 e. The first-order chi connectivity index (χ1) is 34.5. The largest absolute Gasteiger partial charge is 0.295 e. The third kappa shape index (κ3) is 96.2. The van der Waals surface area contributed by atoms with Crippen LogP contribution in [0.3, 0.4) is 0 Å². The molecular formula is C71H127N3O4S. The van der Waals surface area contributed by atoms with E-state index in [1.54, 1.807) is 13.0 Å². The van der Waals surface area contributed by atoms with Gasteiger partial charge in [-0.05, 0) is 172 Å². The normalized spacial score (nSPS) is 12.9. The Labute approximate surface area is 498 Å². The fourth-order valence-electron chi connectivity index (χ4n) is 4.74. The second kappa shape index (κ2) is 41.5. The second-order valence-electron chi connectivity index (χ2n) is 31.3. The van der Waals surface area contributed by atoms with Crippen molar-refractivity contribution in [1.29, 1.82) is 5.26 Å². The molecule has 0 aromatic rings. The average Bonchev–Trinajstić information content (AvgIpc) is 3.93. The summed E-state index contributed by atoms with van der Waals surface area (Å²) in [4.78, 5) is 50.0. The lowest BCUT2D eigenvalue weighted by atomic mass is 9.88. The van der Waals surface area contributed by atoms with Crippen LogP contribution in [0.4, 0.5) is 0 Å². The number of hydrogen-bond acceptors (Lipinski definition) is 7. The van der Waals surface area contributed by atoms with Gasteiger partial charge in [-0.15, -0.1) is 25.5 Å². The molecule has 1 aliphatic heterocycles. The third-order valence-corrected chi connectivity index (χ3v) is 8.97. The van der Waals surface area contributed by atoms with Crippen LogP contribution in [-0.2, 0) is 19.2 Å². The summed E-state index contributed by atoms with van der Waals surface area (Å²) < 4.78 is 0. The monoisotopic (exact) mass is 1120 g/mol. The number of ketones is 2. The molecule has 0 N–H and O–H groups in total. The summed E-state index contributed by atoms with van der Waals surface area (Å²) in [7, 11) is 0. The van der Waals surface area contributed by atoms with Gasteiger partial charge in [0.25, 0.3) is 11.8 Å². The quantitative estimate of drug-likeness (QED) is 0.0598. The number of thiocarbonyl (C=S) groups is 1. The van der Waals surface area contributed by atoms with Gasteiger partial charge in [-0.2, -0.15) is 5.26 Å². The first kappa shape index (κ1) is 91.0. The summed E-state index contributed by atoms with van der Waals surface area (Å²) in [6.45, 7) is 84.9. The third-order valence-electron chi connectivity index (χ3n) is 8.66. The molecule has 0 atom stereocenters. The van der Waals surface area contributed by atoms with Crippen molar-refractivity contribution in [3.05, 3.63) is 81.5 Å². The molecule has 0 spiro atoms. The van der Waals surface area contributed by atoms with E-state index in [0.717, 1.165) is 23.6 Å². The molecule has 2 rings (SSSR count). The fourth-order valence-corrected chi connectivity index (χ4v) is 5.17. The molecule has 8 heteroatoms. The number of nitrogens with zero attached hydrogens (tertiary/aromatic N) is 3. The van der Waals surface area contributed by atoms with Crippen molar-refractivity contribution in [2.24, 2.45) is 54.2 Å². The number of Topliss-reactive ketones (excluding diaryl/α,β-unsaturated/α-hetero) is 1. The van der Waals surface area contributed by atoms with Gasteiger partial charge >= 0.3 is 0 Å². The summed E-state index contributed by atoms with van der Waals surface area (Å²) in [6, 6.07) is 2.10. The van der Waals surface area contributed by atoms with Gasteiger partial charge in [0.15, 0.2) is 11.6 Å². The molecule has 0 aromatic carbocycles. The minimum atomic E-state index is -0.405. The lowest BCUT2D eigenvalue weighted by Gasteiger charge is -2.29. The average molecular weight is 1120 g/mol. The molecule has 1 aliphatic carbocycles. The number of rotatable bonds is 8. The highest BCUT2D eigenvalue weighted by Gasteiger charge is 2.33. The lowest BCUT2D eigenvalue weighted by molar-refractivity contribution is -0.142. The summed E-state index contributed by atoms with van der Waals surface area (Å²) in [5, 5.41) is 8.15. The molecule has 0 aromatic heterocycles. The van der Waals surface area contributed by atoms with E-state index in [1.807, 2.05) is 137 Å². The number of nitriles is 1. The van der Waals surface area contributed by atoms with E-state index in [4.69, 9.17) is 23.9 Å². The van der Waals surface area contributed by atoms with Crippen LogP contribution in [0.15, 0.2) is 86.5 Å². The van der Waals surface area contributed by atoms with Crippen LogP contribution in [-0.4, -0.2) is 50.1 Å². The van der Waals surface area contributed by atoms with Crippen molar-refractivity contribution in [2.45, 2.75) is 271 Å². The number of carbonyl (C=O) groups excluding carboxylic acids is 4. The summed E-state index contributed by atoms with van der Waals surface area (Å²) in [5.41, 5.74) is 2.00. The number of hydrogen-bond donors (Lipinski definition) is 0. The maximum atomic E-state index is 11.1. The van der Waals surface area contributed by atoms with Crippen molar-refractivity contribution >= 4 is 46.3 Å². The van der Waals surface area contributed by atoms with Gasteiger partial charge in [-0.25, -0.2) is 4.99 Å². The number of aliphatic imine (C=N–C) groups is 1. The van der Waals surface area contributed by atoms with Crippen LogP contribution in [0.5, 0.6) is 0 Å². The standard InChI is InChI=1S/C9H16O.C8H11NO2.C8H14O.C8H14S.C8H16.C7H14.C6H11N.C6H12.C6H10.C5H9N/c1-7(2)8(10)6-9(3,4)5;1-8(2,3)9-6(10)4-5-7(9)11;2*1-5-7(9)6-8(2,3)4;1-8(2,3)6-7-4-5-7;1-5-6-7(2,3)4;1-5-7-6(2,3)4;2*1-5-6(2,3)4;1-5(2,3)4-6/h1,6H2,2-5H3;4-5H,1-3H3;2*5H,1,6H2,2-4H3;7H,4-6H2,1-3H3;5H,1,6H2,2-4H3;1H2,2-4H3;5H,1H2,2-4H3;1H,2-4H3;1-3H3. The fraction of sp³-hybridized carbons (Fsp3) is 0.690. The van der Waals surface area contributed by atoms with Crippen LogP contribution in [0.2, 0.25) is 0 Å². The predicted molar refractivity (Wildman–Crippen MR) is 358 cm³/mol. The SMILES string of the molecule is C#CC(C)(C)C.C=C(C)C(=O)CC(C)(C)C.C=C=NC(C)(C)C.C=CC(=O)CC(C)(C)C.C=CC(=S)CC(C)(C)C.C=CC(C)(C)C.C=CCC(C)(C)C.CC(C)(C)C#N.CC(C)(C)CC1CC1.CC(C)(C)N1C(=O)C=CC1=O. The molecule has 0 bridgehead atoms. The Balaban J connectivity index is -0.000000119. The number of amides is 2. The molecule has 1 fully saturated rings.